The summed E-state index contributed by atoms with van der Waals surface area (Å²) in [4.78, 5) is 0.623. The van der Waals surface area contributed by atoms with Crippen LogP contribution in [0.15, 0.2) is 46.2 Å². The zero-order chi connectivity index (χ0) is 19.1. The molecule has 0 aliphatic carbocycles. The third kappa shape index (κ3) is 3.94. The third-order valence-corrected chi connectivity index (χ3v) is 6.30. The third-order valence-electron chi connectivity index (χ3n) is 4.57. The Morgan fingerprint density at radius 2 is 1.69 bits per heavy atom. The van der Waals surface area contributed by atoms with Gasteiger partial charge in [0.15, 0.2) is 0 Å². The van der Waals surface area contributed by atoms with Gasteiger partial charge >= 0.3 is 0 Å². The molecule has 4 nitrogen and oxygen atoms in total. The SMILES string of the molecule is Cc1cc(S(=O)(=O)c2cccc(C(C)(C)C)c2)cc(C)c1OCC1CO1. The van der Waals surface area contributed by atoms with Crippen LogP contribution in [-0.2, 0) is 20.0 Å². The number of benzene rings is 2. The molecule has 1 aliphatic heterocycles. The molecule has 0 saturated carbocycles. The Morgan fingerprint density at radius 1 is 1.08 bits per heavy atom. The predicted octanol–water partition coefficient (Wildman–Crippen LogP) is 4.21. The first-order valence-corrected chi connectivity index (χ1v) is 10.3. The Labute approximate surface area is 156 Å². The molecular formula is C21H26O4S. The first kappa shape index (κ1) is 18.9. The second kappa shape index (κ2) is 6.71. The van der Waals surface area contributed by atoms with Gasteiger partial charge in [-0.3, -0.25) is 0 Å². The Bertz CT molecular complexity index is 896. The maximum Gasteiger partial charge on any atom is 0.206 e. The largest absolute Gasteiger partial charge is 0.490 e. The average molecular weight is 375 g/mol. The van der Waals surface area contributed by atoms with E-state index in [2.05, 4.69) is 20.8 Å². The molecule has 1 atom stereocenters. The van der Waals surface area contributed by atoms with Gasteiger partial charge in [-0.25, -0.2) is 8.42 Å². The normalized spacial score (nSPS) is 17.2. The van der Waals surface area contributed by atoms with E-state index in [0.717, 1.165) is 29.0 Å². The molecule has 140 valence electrons. The van der Waals surface area contributed by atoms with Gasteiger partial charge < -0.3 is 9.47 Å². The number of epoxide rings is 1. The molecule has 1 saturated heterocycles. The van der Waals surface area contributed by atoms with Crippen LogP contribution in [0.4, 0.5) is 0 Å². The summed E-state index contributed by atoms with van der Waals surface area (Å²) in [5, 5.41) is 0. The van der Waals surface area contributed by atoms with Crippen molar-refractivity contribution in [3.63, 3.8) is 0 Å². The Kier molecular flexibility index (Phi) is 4.88. The summed E-state index contributed by atoms with van der Waals surface area (Å²) in [6.45, 7) is 11.2. The summed E-state index contributed by atoms with van der Waals surface area (Å²) in [5.74, 6) is 0.739. The molecule has 3 rings (SSSR count). The highest BCUT2D eigenvalue weighted by Crippen LogP contribution is 2.32. The molecule has 2 aromatic carbocycles. The lowest BCUT2D eigenvalue weighted by atomic mass is 9.87. The van der Waals surface area contributed by atoms with Gasteiger partial charge in [-0.15, -0.1) is 0 Å². The highest BCUT2D eigenvalue weighted by atomic mass is 32.2. The number of aryl methyl sites for hydroxylation is 2. The molecule has 1 unspecified atom stereocenters. The molecule has 1 heterocycles. The minimum absolute atomic E-state index is 0.111. The van der Waals surface area contributed by atoms with Crippen LogP contribution >= 0.6 is 0 Å². The van der Waals surface area contributed by atoms with Gasteiger partial charge in [-0.2, -0.15) is 0 Å². The van der Waals surface area contributed by atoms with E-state index < -0.39 is 9.84 Å². The minimum atomic E-state index is -3.58. The summed E-state index contributed by atoms with van der Waals surface area (Å²) in [6.07, 6.45) is 0.164. The van der Waals surface area contributed by atoms with Gasteiger partial charge in [0.25, 0.3) is 0 Å². The molecule has 0 N–H and O–H groups in total. The van der Waals surface area contributed by atoms with Crippen LogP contribution in [0.3, 0.4) is 0 Å². The first-order chi connectivity index (χ1) is 12.1. The van der Waals surface area contributed by atoms with Crippen LogP contribution in [-0.4, -0.2) is 27.7 Å². The summed E-state index contributed by atoms with van der Waals surface area (Å²) in [7, 11) is -3.58. The smallest absolute Gasteiger partial charge is 0.206 e. The van der Waals surface area contributed by atoms with Gasteiger partial charge in [0, 0.05) is 0 Å². The van der Waals surface area contributed by atoms with Crippen molar-refractivity contribution >= 4 is 9.84 Å². The van der Waals surface area contributed by atoms with Gasteiger partial charge in [0.05, 0.1) is 16.4 Å². The molecule has 0 amide bonds. The number of hydrogen-bond donors (Lipinski definition) is 0. The van der Waals surface area contributed by atoms with Crippen molar-refractivity contribution in [2.45, 2.75) is 55.9 Å². The molecule has 5 heteroatoms. The number of sulfone groups is 1. The summed E-state index contributed by atoms with van der Waals surface area (Å²) >= 11 is 0. The molecule has 0 spiro atoms. The molecule has 0 radical (unpaired) electrons. The van der Waals surface area contributed by atoms with Crippen molar-refractivity contribution in [1.29, 1.82) is 0 Å². The van der Waals surface area contributed by atoms with Crippen molar-refractivity contribution in [3.8, 4) is 5.75 Å². The lowest BCUT2D eigenvalue weighted by molar-refractivity contribution is 0.260. The first-order valence-electron chi connectivity index (χ1n) is 8.80. The van der Waals surface area contributed by atoms with Crippen LogP contribution in [0.2, 0.25) is 0 Å². The Balaban J connectivity index is 1.97. The lowest BCUT2D eigenvalue weighted by Gasteiger charge is -2.20. The van der Waals surface area contributed by atoms with E-state index in [-0.39, 0.29) is 11.5 Å². The number of hydrogen-bond acceptors (Lipinski definition) is 4. The topological polar surface area (TPSA) is 55.9 Å². The summed E-state index contributed by atoms with van der Waals surface area (Å²) < 4.78 is 37.3. The fourth-order valence-electron chi connectivity index (χ4n) is 2.90. The van der Waals surface area contributed by atoms with E-state index in [1.807, 2.05) is 19.9 Å². The molecule has 0 aromatic heterocycles. The molecule has 2 aromatic rings. The molecule has 0 bridgehead atoms. The maximum absolute atomic E-state index is 13.1. The van der Waals surface area contributed by atoms with Gasteiger partial charge in [-0.05, 0) is 60.2 Å². The van der Waals surface area contributed by atoms with Crippen LogP contribution in [0.25, 0.3) is 0 Å². The van der Waals surface area contributed by atoms with E-state index in [1.165, 1.54) is 0 Å². The summed E-state index contributed by atoms with van der Waals surface area (Å²) in [6, 6.07) is 10.6. The second-order valence-electron chi connectivity index (χ2n) is 7.93. The predicted molar refractivity (Wildman–Crippen MR) is 102 cm³/mol. The highest BCUT2D eigenvalue weighted by molar-refractivity contribution is 7.91. The van der Waals surface area contributed by atoms with E-state index in [1.54, 1.807) is 30.3 Å². The number of rotatable bonds is 5. The van der Waals surface area contributed by atoms with E-state index in [4.69, 9.17) is 9.47 Å². The fourth-order valence-corrected chi connectivity index (χ4v) is 4.38. The lowest BCUT2D eigenvalue weighted by Crippen LogP contribution is -2.12. The van der Waals surface area contributed by atoms with Crippen LogP contribution < -0.4 is 4.74 Å². The van der Waals surface area contributed by atoms with Crippen molar-refractivity contribution in [2.24, 2.45) is 0 Å². The van der Waals surface area contributed by atoms with Crippen LogP contribution in [0.5, 0.6) is 5.75 Å². The van der Waals surface area contributed by atoms with Crippen molar-refractivity contribution < 1.29 is 17.9 Å². The highest BCUT2D eigenvalue weighted by Gasteiger charge is 2.25. The van der Waals surface area contributed by atoms with Gasteiger partial charge in [0.2, 0.25) is 9.84 Å². The second-order valence-corrected chi connectivity index (χ2v) is 9.88. The average Bonchev–Trinajstić information content (AvgIpc) is 3.37. The monoisotopic (exact) mass is 374 g/mol. The molecule has 1 aliphatic rings. The minimum Gasteiger partial charge on any atom is -0.490 e. The molecule has 1 fully saturated rings. The zero-order valence-corrected chi connectivity index (χ0v) is 16.8. The maximum atomic E-state index is 13.1. The molecular weight excluding hydrogens is 348 g/mol. The van der Waals surface area contributed by atoms with E-state index in [9.17, 15) is 8.42 Å². The van der Waals surface area contributed by atoms with Crippen molar-refractivity contribution in [3.05, 3.63) is 53.1 Å². The zero-order valence-electron chi connectivity index (χ0n) is 16.0. The quantitative estimate of drug-likeness (QED) is 0.736. The Morgan fingerprint density at radius 3 is 2.23 bits per heavy atom. The summed E-state index contributed by atoms with van der Waals surface area (Å²) in [5.41, 5.74) is 2.52. The van der Waals surface area contributed by atoms with Crippen LogP contribution in [0, 0.1) is 13.8 Å². The molecule has 26 heavy (non-hydrogen) atoms. The van der Waals surface area contributed by atoms with Gasteiger partial charge in [-0.1, -0.05) is 32.9 Å². The van der Waals surface area contributed by atoms with Crippen molar-refractivity contribution in [2.75, 3.05) is 13.2 Å². The fraction of sp³-hybridized carbons (Fsp3) is 0.429. The van der Waals surface area contributed by atoms with Crippen molar-refractivity contribution in [1.82, 2.24) is 0 Å². The standard InChI is InChI=1S/C21H26O4S/c1-14-9-19(10-15(2)20(14)25-13-17-12-24-17)26(22,23)18-8-6-7-16(11-18)21(3,4)5/h6-11,17H,12-13H2,1-5H3. The van der Waals surface area contributed by atoms with Gasteiger partial charge in [0.1, 0.15) is 18.5 Å². The number of ether oxygens (including phenoxy) is 2. The van der Waals surface area contributed by atoms with E-state index >= 15 is 0 Å². The van der Waals surface area contributed by atoms with Crippen LogP contribution in [0.1, 0.15) is 37.5 Å². The Hall–Kier alpha value is -1.85. The van der Waals surface area contributed by atoms with E-state index in [0.29, 0.717) is 16.4 Å².